The third-order valence-corrected chi connectivity index (χ3v) is 3.77. The Hall–Kier alpha value is -2.45. The van der Waals surface area contributed by atoms with Crippen molar-refractivity contribution in [3.63, 3.8) is 0 Å². The minimum Gasteiger partial charge on any atom is -0.353 e. The van der Waals surface area contributed by atoms with Crippen LogP contribution in [0.4, 0.5) is 24.9 Å². The fourth-order valence-corrected chi connectivity index (χ4v) is 2.54. The summed E-state index contributed by atoms with van der Waals surface area (Å²) in [6.45, 7) is 5.71. The second-order valence-electron chi connectivity index (χ2n) is 5.69. The summed E-state index contributed by atoms with van der Waals surface area (Å²) in [4.78, 5) is 20.0. The summed E-state index contributed by atoms with van der Waals surface area (Å²) in [5.74, 6) is 1.05. The lowest BCUT2D eigenvalue weighted by Crippen LogP contribution is -2.47. The van der Waals surface area contributed by atoms with Crippen molar-refractivity contribution < 1.29 is 13.2 Å². The van der Waals surface area contributed by atoms with Crippen molar-refractivity contribution in [2.75, 3.05) is 36.0 Å². The molecule has 2 aromatic heterocycles. The van der Waals surface area contributed by atoms with Crippen LogP contribution >= 0.6 is 0 Å². The predicted molar refractivity (Wildman–Crippen MR) is 83.0 cm³/mol. The van der Waals surface area contributed by atoms with E-state index in [1.165, 1.54) is 6.92 Å². The van der Waals surface area contributed by atoms with E-state index in [4.69, 9.17) is 0 Å². The van der Waals surface area contributed by atoms with Crippen molar-refractivity contribution in [3.05, 3.63) is 35.5 Å². The SMILES string of the molecule is Cc1cnc(N2CCN(c3cc(C(F)(F)F)nc(C)n3)CC2)nc1. The number of aromatic nitrogens is 4. The monoisotopic (exact) mass is 338 g/mol. The van der Waals surface area contributed by atoms with Crippen molar-refractivity contribution in [1.82, 2.24) is 19.9 Å². The molecule has 0 saturated carbocycles. The van der Waals surface area contributed by atoms with Gasteiger partial charge in [0, 0.05) is 44.6 Å². The van der Waals surface area contributed by atoms with Gasteiger partial charge in [-0.25, -0.2) is 19.9 Å². The first-order chi connectivity index (χ1) is 11.3. The summed E-state index contributed by atoms with van der Waals surface area (Å²) >= 11 is 0. The lowest BCUT2D eigenvalue weighted by atomic mass is 10.3. The molecule has 9 heteroatoms. The Labute approximate surface area is 137 Å². The molecule has 0 aliphatic carbocycles. The highest BCUT2D eigenvalue weighted by Crippen LogP contribution is 2.30. The number of piperazine rings is 1. The first-order valence-corrected chi connectivity index (χ1v) is 7.54. The van der Waals surface area contributed by atoms with E-state index in [0.29, 0.717) is 37.9 Å². The van der Waals surface area contributed by atoms with Crippen LogP contribution in [-0.2, 0) is 6.18 Å². The number of rotatable bonds is 2. The first kappa shape index (κ1) is 16.4. The van der Waals surface area contributed by atoms with E-state index in [1.807, 2.05) is 16.7 Å². The smallest absolute Gasteiger partial charge is 0.353 e. The standard InChI is InChI=1S/C15H17F3N6/c1-10-8-19-14(20-9-10)24-5-3-23(4-6-24)13-7-12(15(16,17)18)21-11(2)22-13/h7-9H,3-6H2,1-2H3. The van der Waals surface area contributed by atoms with Crippen LogP contribution < -0.4 is 9.80 Å². The Morgan fingerprint density at radius 3 is 2.08 bits per heavy atom. The van der Waals surface area contributed by atoms with E-state index in [-0.39, 0.29) is 5.82 Å². The third-order valence-electron chi connectivity index (χ3n) is 3.77. The number of halogens is 3. The lowest BCUT2D eigenvalue weighted by molar-refractivity contribution is -0.141. The van der Waals surface area contributed by atoms with Crippen LogP contribution in [0.1, 0.15) is 17.1 Å². The zero-order valence-electron chi connectivity index (χ0n) is 13.4. The van der Waals surface area contributed by atoms with Crippen LogP contribution in [0.5, 0.6) is 0 Å². The second kappa shape index (κ2) is 6.21. The maximum absolute atomic E-state index is 12.9. The molecule has 0 aromatic carbocycles. The zero-order chi connectivity index (χ0) is 17.3. The van der Waals surface area contributed by atoms with E-state index in [1.54, 1.807) is 12.4 Å². The quantitative estimate of drug-likeness (QED) is 0.837. The van der Waals surface area contributed by atoms with E-state index in [0.717, 1.165) is 11.6 Å². The molecule has 0 unspecified atom stereocenters. The lowest BCUT2D eigenvalue weighted by Gasteiger charge is -2.35. The van der Waals surface area contributed by atoms with Gasteiger partial charge in [0.25, 0.3) is 0 Å². The van der Waals surface area contributed by atoms with E-state index in [9.17, 15) is 13.2 Å². The van der Waals surface area contributed by atoms with Gasteiger partial charge < -0.3 is 9.80 Å². The van der Waals surface area contributed by atoms with Crippen molar-refractivity contribution in [3.8, 4) is 0 Å². The predicted octanol–water partition coefficient (Wildman–Crippen LogP) is 2.23. The van der Waals surface area contributed by atoms with Gasteiger partial charge in [0.1, 0.15) is 17.3 Å². The normalized spacial score (nSPS) is 15.7. The Morgan fingerprint density at radius 2 is 1.50 bits per heavy atom. The number of hydrogen-bond acceptors (Lipinski definition) is 6. The van der Waals surface area contributed by atoms with Gasteiger partial charge in [0.05, 0.1) is 0 Å². The highest BCUT2D eigenvalue weighted by Gasteiger charge is 2.34. The van der Waals surface area contributed by atoms with Crippen molar-refractivity contribution in [2.24, 2.45) is 0 Å². The van der Waals surface area contributed by atoms with Crippen molar-refractivity contribution >= 4 is 11.8 Å². The maximum Gasteiger partial charge on any atom is 0.433 e. The summed E-state index contributed by atoms with van der Waals surface area (Å²) in [6.07, 6.45) is -0.976. The molecule has 0 amide bonds. The Bertz CT molecular complexity index is 708. The maximum atomic E-state index is 12.9. The number of anilines is 2. The summed E-state index contributed by atoms with van der Waals surface area (Å²) in [5, 5.41) is 0. The summed E-state index contributed by atoms with van der Waals surface area (Å²) in [7, 11) is 0. The molecule has 1 fully saturated rings. The molecular weight excluding hydrogens is 321 g/mol. The molecule has 1 aliphatic rings. The number of nitrogens with zero attached hydrogens (tertiary/aromatic N) is 6. The van der Waals surface area contributed by atoms with Crippen LogP contribution in [-0.4, -0.2) is 46.1 Å². The van der Waals surface area contributed by atoms with Gasteiger partial charge in [0.2, 0.25) is 5.95 Å². The summed E-state index contributed by atoms with van der Waals surface area (Å²) in [6, 6.07) is 1.00. The average molecular weight is 338 g/mol. The fourth-order valence-electron chi connectivity index (χ4n) is 2.54. The van der Waals surface area contributed by atoms with E-state index < -0.39 is 11.9 Å². The van der Waals surface area contributed by atoms with Crippen molar-refractivity contribution in [1.29, 1.82) is 0 Å². The molecule has 6 nitrogen and oxygen atoms in total. The zero-order valence-corrected chi connectivity index (χ0v) is 13.4. The van der Waals surface area contributed by atoms with Gasteiger partial charge in [-0.1, -0.05) is 0 Å². The van der Waals surface area contributed by atoms with Crippen LogP contribution in [0.2, 0.25) is 0 Å². The van der Waals surface area contributed by atoms with Gasteiger partial charge in [-0.15, -0.1) is 0 Å². The number of alkyl halides is 3. The number of hydrogen-bond donors (Lipinski definition) is 0. The molecular formula is C15H17F3N6. The minimum atomic E-state index is -4.47. The first-order valence-electron chi connectivity index (χ1n) is 7.54. The van der Waals surface area contributed by atoms with Crippen LogP contribution in [0.15, 0.2) is 18.5 Å². The molecule has 3 rings (SSSR count). The van der Waals surface area contributed by atoms with Crippen LogP contribution in [0.3, 0.4) is 0 Å². The molecule has 1 aliphatic heterocycles. The van der Waals surface area contributed by atoms with E-state index in [2.05, 4.69) is 19.9 Å². The van der Waals surface area contributed by atoms with Crippen molar-refractivity contribution in [2.45, 2.75) is 20.0 Å². The summed E-state index contributed by atoms with van der Waals surface area (Å²) in [5.41, 5.74) is 0.0721. The highest BCUT2D eigenvalue weighted by atomic mass is 19.4. The molecule has 0 atom stereocenters. The molecule has 24 heavy (non-hydrogen) atoms. The molecule has 0 spiro atoms. The van der Waals surface area contributed by atoms with E-state index >= 15 is 0 Å². The molecule has 128 valence electrons. The second-order valence-corrected chi connectivity index (χ2v) is 5.69. The molecule has 0 bridgehead atoms. The molecule has 3 heterocycles. The fraction of sp³-hybridized carbons (Fsp3) is 0.467. The molecule has 0 radical (unpaired) electrons. The van der Waals surface area contributed by atoms with Gasteiger partial charge >= 0.3 is 6.18 Å². The highest BCUT2D eigenvalue weighted by molar-refractivity contribution is 5.43. The summed E-state index contributed by atoms with van der Waals surface area (Å²) < 4.78 is 38.7. The topological polar surface area (TPSA) is 58.0 Å². The Morgan fingerprint density at radius 1 is 0.917 bits per heavy atom. The molecule has 1 saturated heterocycles. The Balaban J connectivity index is 1.73. The molecule has 2 aromatic rings. The van der Waals surface area contributed by atoms with Crippen LogP contribution in [0.25, 0.3) is 0 Å². The Kier molecular flexibility index (Phi) is 4.25. The molecule has 0 N–H and O–H groups in total. The number of aryl methyl sites for hydroxylation is 2. The average Bonchev–Trinajstić information content (AvgIpc) is 2.54. The van der Waals surface area contributed by atoms with Gasteiger partial charge in [-0.3, -0.25) is 0 Å². The van der Waals surface area contributed by atoms with Gasteiger partial charge in [-0.2, -0.15) is 13.2 Å². The largest absolute Gasteiger partial charge is 0.433 e. The van der Waals surface area contributed by atoms with Crippen LogP contribution in [0, 0.1) is 13.8 Å². The van der Waals surface area contributed by atoms with Gasteiger partial charge in [0.15, 0.2) is 0 Å². The third kappa shape index (κ3) is 3.55. The minimum absolute atomic E-state index is 0.115. The van der Waals surface area contributed by atoms with Gasteiger partial charge in [-0.05, 0) is 19.4 Å².